The molecule has 0 aliphatic heterocycles. The average Bonchev–Trinajstić information content (AvgIpc) is 2.17. The van der Waals surface area contributed by atoms with E-state index in [2.05, 4.69) is 0 Å². The SMILES string of the molecule is [2H]C(=O)c1cccc2ccccc12. The first kappa shape index (κ1) is 5.95. The average molecular weight is 157 g/mol. The molecule has 58 valence electrons. The summed E-state index contributed by atoms with van der Waals surface area (Å²) in [6.07, 6.45) is -0.628. The molecule has 0 aliphatic rings. The van der Waals surface area contributed by atoms with Crippen LogP contribution in [0.4, 0.5) is 0 Å². The van der Waals surface area contributed by atoms with Gasteiger partial charge in [-0.05, 0) is 10.8 Å². The van der Waals surface area contributed by atoms with Crippen molar-refractivity contribution in [2.45, 2.75) is 0 Å². The number of hydrogen-bond acceptors (Lipinski definition) is 1. The van der Waals surface area contributed by atoms with E-state index in [4.69, 9.17) is 1.37 Å². The molecule has 0 saturated heterocycles. The highest BCUT2D eigenvalue weighted by atomic mass is 16.1. The molecule has 0 atom stereocenters. The molecular formula is C11H8O. The Morgan fingerprint density at radius 3 is 2.67 bits per heavy atom. The Morgan fingerprint density at radius 1 is 1.08 bits per heavy atom. The number of hydrogen-bond donors (Lipinski definition) is 0. The number of fused-ring (bicyclic) bond motifs is 1. The summed E-state index contributed by atoms with van der Waals surface area (Å²) in [5.74, 6) is 0. The second-order valence-electron chi connectivity index (χ2n) is 2.63. The Hall–Kier alpha value is -1.63. The van der Waals surface area contributed by atoms with Crippen LogP contribution >= 0.6 is 0 Å². The van der Waals surface area contributed by atoms with E-state index in [0.29, 0.717) is 5.56 Å². The van der Waals surface area contributed by atoms with Crippen molar-refractivity contribution in [3.8, 4) is 0 Å². The molecule has 0 unspecified atom stereocenters. The highest BCUT2D eigenvalue weighted by molar-refractivity contribution is 5.97. The first-order valence-electron chi connectivity index (χ1n) is 4.28. The van der Waals surface area contributed by atoms with Crippen LogP contribution in [-0.4, -0.2) is 6.26 Å². The van der Waals surface area contributed by atoms with Gasteiger partial charge in [0.15, 0.2) is 6.26 Å². The molecule has 0 saturated carbocycles. The summed E-state index contributed by atoms with van der Waals surface area (Å²) in [5, 5.41) is 1.85. The second kappa shape index (κ2) is 2.78. The summed E-state index contributed by atoms with van der Waals surface area (Å²) >= 11 is 0. The van der Waals surface area contributed by atoms with E-state index in [0.717, 1.165) is 10.8 Å². The van der Waals surface area contributed by atoms with E-state index >= 15 is 0 Å². The summed E-state index contributed by atoms with van der Waals surface area (Å²) in [6, 6.07) is 13.0. The van der Waals surface area contributed by atoms with Crippen molar-refractivity contribution in [1.82, 2.24) is 0 Å². The van der Waals surface area contributed by atoms with Crippen molar-refractivity contribution in [2.75, 3.05) is 0 Å². The zero-order valence-corrected chi connectivity index (χ0v) is 6.45. The molecule has 0 fully saturated rings. The Kier molecular flexibility index (Phi) is 1.38. The molecule has 1 nitrogen and oxygen atoms in total. The van der Waals surface area contributed by atoms with Crippen molar-refractivity contribution in [3.63, 3.8) is 0 Å². The van der Waals surface area contributed by atoms with Gasteiger partial charge in [-0.15, -0.1) is 0 Å². The van der Waals surface area contributed by atoms with Gasteiger partial charge in [-0.2, -0.15) is 0 Å². The summed E-state index contributed by atoms with van der Waals surface area (Å²) in [6.45, 7) is 0. The van der Waals surface area contributed by atoms with Crippen LogP contribution in [0.3, 0.4) is 0 Å². The van der Waals surface area contributed by atoms with E-state index in [1.807, 2.05) is 30.3 Å². The number of carbonyl (C=O) groups excluding carboxylic acids is 1. The molecule has 0 heterocycles. The van der Waals surface area contributed by atoms with E-state index in [9.17, 15) is 4.79 Å². The Morgan fingerprint density at radius 2 is 1.83 bits per heavy atom. The molecule has 2 aromatic rings. The fourth-order valence-corrected chi connectivity index (χ4v) is 1.31. The van der Waals surface area contributed by atoms with Crippen LogP contribution in [0.1, 0.15) is 11.7 Å². The third-order valence-corrected chi connectivity index (χ3v) is 1.90. The highest BCUT2D eigenvalue weighted by Crippen LogP contribution is 2.16. The van der Waals surface area contributed by atoms with Crippen molar-refractivity contribution < 1.29 is 6.17 Å². The number of carbonyl (C=O) groups is 1. The maximum absolute atomic E-state index is 10.9. The van der Waals surface area contributed by atoms with Gasteiger partial charge in [0.1, 0.15) is 1.37 Å². The third kappa shape index (κ3) is 0.996. The molecule has 0 aromatic heterocycles. The zero-order chi connectivity index (χ0) is 9.26. The maximum Gasteiger partial charge on any atom is 0.150 e. The lowest BCUT2D eigenvalue weighted by Gasteiger charge is -1.98. The van der Waals surface area contributed by atoms with Crippen LogP contribution < -0.4 is 0 Å². The van der Waals surface area contributed by atoms with E-state index in [1.54, 1.807) is 12.1 Å². The summed E-state index contributed by atoms with van der Waals surface area (Å²) in [5.41, 5.74) is 0.470. The van der Waals surface area contributed by atoms with E-state index < -0.39 is 6.26 Å². The van der Waals surface area contributed by atoms with Gasteiger partial charge in [0.25, 0.3) is 0 Å². The largest absolute Gasteiger partial charge is 0.298 e. The smallest absolute Gasteiger partial charge is 0.150 e. The molecule has 2 aromatic carbocycles. The molecule has 0 aliphatic carbocycles. The van der Waals surface area contributed by atoms with Crippen LogP contribution in [0.5, 0.6) is 0 Å². The lowest BCUT2D eigenvalue weighted by atomic mass is 10.1. The third-order valence-electron chi connectivity index (χ3n) is 1.90. The maximum atomic E-state index is 10.9. The molecule has 12 heavy (non-hydrogen) atoms. The molecule has 0 radical (unpaired) electrons. The second-order valence-corrected chi connectivity index (χ2v) is 2.63. The predicted octanol–water partition coefficient (Wildman–Crippen LogP) is 2.65. The quantitative estimate of drug-likeness (QED) is 0.581. The topological polar surface area (TPSA) is 17.1 Å². The Balaban J connectivity index is 2.83. The lowest BCUT2D eigenvalue weighted by Crippen LogP contribution is -1.81. The van der Waals surface area contributed by atoms with Crippen molar-refractivity contribution in [2.24, 2.45) is 0 Å². The molecular weight excluding hydrogens is 148 g/mol. The van der Waals surface area contributed by atoms with Crippen molar-refractivity contribution in [3.05, 3.63) is 48.0 Å². The molecule has 0 amide bonds. The van der Waals surface area contributed by atoms with Crippen LogP contribution in [0.2, 0.25) is 0 Å². The zero-order valence-electron chi connectivity index (χ0n) is 7.45. The standard InChI is InChI=1S/C11H8O/c12-8-10-6-3-5-9-4-1-2-7-11(9)10/h1-8H/i8D. The van der Waals surface area contributed by atoms with E-state index in [1.165, 1.54) is 0 Å². The highest BCUT2D eigenvalue weighted by Gasteiger charge is 1.96. The minimum Gasteiger partial charge on any atom is -0.298 e. The van der Waals surface area contributed by atoms with Gasteiger partial charge in [0, 0.05) is 5.56 Å². The van der Waals surface area contributed by atoms with Gasteiger partial charge in [0.2, 0.25) is 0 Å². The summed E-state index contributed by atoms with van der Waals surface area (Å²) in [7, 11) is 0. The molecule has 2 rings (SSSR count). The fraction of sp³-hybridized carbons (Fsp3) is 0. The summed E-state index contributed by atoms with van der Waals surface area (Å²) in [4.78, 5) is 10.9. The van der Waals surface area contributed by atoms with Crippen molar-refractivity contribution >= 4 is 17.0 Å². The molecule has 0 spiro atoms. The molecule has 0 bridgehead atoms. The van der Waals surface area contributed by atoms with Gasteiger partial charge in [0.05, 0.1) is 0 Å². The van der Waals surface area contributed by atoms with Crippen LogP contribution in [0, 0.1) is 0 Å². The van der Waals surface area contributed by atoms with Gasteiger partial charge in [-0.1, -0.05) is 42.5 Å². The van der Waals surface area contributed by atoms with Gasteiger partial charge >= 0.3 is 0 Å². The first-order chi connectivity index (χ1) is 6.29. The predicted molar refractivity (Wildman–Crippen MR) is 49.3 cm³/mol. The first-order valence-corrected chi connectivity index (χ1v) is 3.78. The van der Waals surface area contributed by atoms with Gasteiger partial charge in [-0.25, -0.2) is 0 Å². The molecule has 0 N–H and O–H groups in total. The number of rotatable bonds is 1. The van der Waals surface area contributed by atoms with Crippen LogP contribution in [-0.2, 0) is 0 Å². The van der Waals surface area contributed by atoms with Crippen LogP contribution in [0.15, 0.2) is 42.5 Å². The number of aldehydes is 1. The monoisotopic (exact) mass is 157 g/mol. The number of benzene rings is 2. The van der Waals surface area contributed by atoms with Crippen LogP contribution in [0.25, 0.3) is 10.8 Å². The minimum absolute atomic E-state index is 0.470. The molecule has 1 heteroatoms. The van der Waals surface area contributed by atoms with Crippen molar-refractivity contribution in [1.29, 1.82) is 0 Å². The van der Waals surface area contributed by atoms with Gasteiger partial charge in [-0.3, -0.25) is 4.79 Å². The normalized spacial score (nSPS) is 11.2. The Labute approximate surface area is 72.0 Å². The summed E-state index contributed by atoms with van der Waals surface area (Å²) < 4.78 is 7.06. The minimum atomic E-state index is -0.628. The van der Waals surface area contributed by atoms with Gasteiger partial charge < -0.3 is 0 Å². The van der Waals surface area contributed by atoms with E-state index in [-0.39, 0.29) is 0 Å². The fourth-order valence-electron chi connectivity index (χ4n) is 1.31. The Bertz CT molecular complexity index is 457. The lowest BCUT2D eigenvalue weighted by molar-refractivity contribution is 0.112.